The van der Waals surface area contributed by atoms with Crippen LogP contribution in [0.15, 0.2) is 22.7 Å². The van der Waals surface area contributed by atoms with Gasteiger partial charge in [0.2, 0.25) is 0 Å². The molecule has 1 aromatic carbocycles. The van der Waals surface area contributed by atoms with E-state index in [1.807, 2.05) is 6.07 Å². The monoisotopic (exact) mass is 327 g/mol. The minimum Gasteiger partial charge on any atom is -0.381 e. The van der Waals surface area contributed by atoms with Gasteiger partial charge in [-0.15, -0.1) is 0 Å². The number of aliphatic hydroxyl groups is 1. The van der Waals surface area contributed by atoms with E-state index in [0.29, 0.717) is 6.54 Å². The number of nitrogens with one attached hydrogen (secondary N) is 1. The highest BCUT2D eigenvalue weighted by molar-refractivity contribution is 9.10. The highest BCUT2D eigenvalue weighted by Gasteiger charge is 2.28. The Morgan fingerprint density at radius 2 is 1.89 bits per heavy atom. The predicted octanol–water partition coefficient (Wildman–Crippen LogP) is 2.92. The van der Waals surface area contributed by atoms with Crippen molar-refractivity contribution >= 4 is 21.8 Å². The Morgan fingerprint density at radius 1 is 1.32 bits per heavy atom. The fourth-order valence-electron chi connectivity index (χ4n) is 1.94. The summed E-state index contributed by atoms with van der Waals surface area (Å²) in [6.07, 6.45) is 0. The fraction of sp³-hybridized carbons (Fsp3) is 0.533. The Bertz CT molecular complexity index is 476. The molecule has 0 spiro atoms. The smallest absolute Gasteiger partial charge is 0.251 e. The molecule has 0 radical (unpaired) electrons. The Balaban J connectivity index is 2.87. The van der Waals surface area contributed by atoms with Gasteiger partial charge in [-0.05, 0) is 44.0 Å². The third kappa shape index (κ3) is 4.32. The lowest BCUT2D eigenvalue weighted by Crippen LogP contribution is -2.46. The first-order valence-electron chi connectivity index (χ1n) is 6.31. The standard InChI is InChI=1S/C15H22BrNO2/c1-10-6-7-11(16)8-12(10)14(2,3)9-17-13(18)15(4,5)19/h6-8,19H,9H2,1-5H3,(H,17,18). The van der Waals surface area contributed by atoms with E-state index in [1.165, 1.54) is 25.0 Å². The van der Waals surface area contributed by atoms with Gasteiger partial charge in [-0.1, -0.05) is 35.8 Å². The van der Waals surface area contributed by atoms with Crippen LogP contribution in [0.2, 0.25) is 0 Å². The first kappa shape index (κ1) is 16.2. The Labute approximate surface area is 123 Å². The number of aryl methyl sites for hydroxylation is 1. The van der Waals surface area contributed by atoms with Crippen molar-refractivity contribution in [3.63, 3.8) is 0 Å². The van der Waals surface area contributed by atoms with Gasteiger partial charge in [0.1, 0.15) is 5.60 Å². The number of halogens is 1. The molecule has 1 amide bonds. The number of carbonyl (C=O) groups excluding carboxylic acids is 1. The van der Waals surface area contributed by atoms with Crippen LogP contribution in [0.25, 0.3) is 0 Å². The van der Waals surface area contributed by atoms with Gasteiger partial charge in [0.15, 0.2) is 0 Å². The van der Waals surface area contributed by atoms with Gasteiger partial charge in [-0.25, -0.2) is 0 Å². The topological polar surface area (TPSA) is 49.3 Å². The molecule has 0 saturated carbocycles. The highest BCUT2D eigenvalue weighted by Crippen LogP contribution is 2.28. The molecule has 0 bridgehead atoms. The van der Waals surface area contributed by atoms with Crippen LogP contribution in [0.4, 0.5) is 0 Å². The molecule has 0 fully saturated rings. The molecule has 0 unspecified atom stereocenters. The van der Waals surface area contributed by atoms with Crippen molar-refractivity contribution in [2.75, 3.05) is 6.54 Å². The molecular weight excluding hydrogens is 306 g/mol. The molecule has 0 aromatic heterocycles. The summed E-state index contributed by atoms with van der Waals surface area (Å²) in [5.74, 6) is -0.353. The van der Waals surface area contributed by atoms with Crippen LogP contribution < -0.4 is 5.32 Å². The lowest BCUT2D eigenvalue weighted by molar-refractivity contribution is -0.136. The maximum Gasteiger partial charge on any atom is 0.251 e. The summed E-state index contributed by atoms with van der Waals surface area (Å²) in [6.45, 7) is 9.66. The van der Waals surface area contributed by atoms with Crippen LogP contribution in [0, 0.1) is 6.92 Å². The summed E-state index contributed by atoms with van der Waals surface area (Å²) in [5, 5.41) is 12.4. The zero-order valence-corrected chi connectivity index (χ0v) is 13.8. The minimum absolute atomic E-state index is 0.200. The Kier molecular flexibility index (Phi) is 4.80. The molecule has 0 aliphatic carbocycles. The van der Waals surface area contributed by atoms with Gasteiger partial charge >= 0.3 is 0 Å². The van der Waals surface area contributed by atoms with E-state index in [-0.39, 0.29) is 11.3 Å². The molecule has 106 valence electrons. The van der Waals surface area contributed by atoms with Crippen molar-refractivity contribution in [2.24, 2.45) is 0 Å². The van der Waals surface area contributed by atoms with Crippen molar-refractivity contribution in [1.82, 2.24) is 5.32 Å². The summed E-state index contributed by atoms with van der Waals surface area (Å²) in [7, 11) is 0. The molecule has 2 N–H and O–H groups in total. The predicted molar refractivity (Wildman–Crippen MR) is 81.2 cm³/mol. The maximum absolute atomic E-state index is 11.7. The van der Waals surface area contributed by atoms with Crippen molar-refractivity contribution < 1.29 is 9.90 Å². The average Bonchev–Trinajstić information content (AvgIpc) is 2.28. The molecule has 0 heterocycles. The second-order valence-corrected chi connectivity index (χ2v) is 7.00. The van der Waals surface area contributed by atoms with Crippen molar-refractivity contribution in [3.05, 3.63) is 33.8 Å². The fourth-order valence-corrected chi connectivity index (χ4v) is 2.30. The van der Waals surface area contributed by atoms with Crippen molar-refractivity contribution in [1.29, 1.82) is 0 Å². The summed E-state index contributed by atoms with van der Waals surface area (Å²) < 4.78 is 1.02. The normalized spacial score (nSPS) is 12.4. The van der Waals surface area contributed by atoms with Gasteiger partial charge in [-0.3, -0.25) is 4.79 Å². The quantitative estimate of drug-likeness (QED) is 0.893. The third-order valence-electron chi connectivity index (χ3n) is 3.18. The average molecular weight is 328 g/mol. The van der Waals surface area contributed by atoms with E-state index < -0.39 is 5.60 Å². The number of hydrogen-bond donors (Lipinski definition) is 2. The van der Waals surface area contributed by atoms with Crippen LogP contribution in [0.5, 0.6) is 0 Å². The SMILES string of the molecule is Cc1ccc(Br)cc1C(C)(C)CNC(=O)C(C)(C)O. The first-order chi connectivity index (χ1) is 8.54. The van der Waals surface area contributed by atoms with Crippen molar-refractivity contribution in [2.45, 2.75) is 45.6 Å². The maximum atomic E-state index is 11.7. The summed E-state index contributed by atoms with van der Waals surface area (Å²) in [6, 6.07) is 6.13. The van der Waals surface area contributed by atoms with Crippen LogP contribution in [-0.2, 0) is 10.2 Å². The molecule has 0 aliphatic heterocycles. The lowest BCUT2D eigenvalue weighted by Gasteiger charge is -2.29. The number of hydrogen-bond acceptors (Lipinski definition) is 2. The lowest BCUT2D eigenvalue weighted by atomic mass is 9.82. The Hall–Kier alpha value is -0.870. The zero-order chi connectivity index (χ0) is 14.8. The van der Waals surface area contributed by atoms with E-state index in [0.717, 1.165) is 4.47 Å². The van der Waals surface area contributed by atoms with E-state index in [4.69, 9.17) is 0 Å². The summed E-state index contributed by atoms with van der Waals surface area (Å²) in [5.41, 5.74) is 0.820. The number of benzene rings is 1. The third-order valence-corrected chi connectivity index (χ3v) is 3.67. The number of amides is 1. The van der Waals surface area contributed by atoms with Crippen LogP contribution in [0.1, 0.15) is 38.8 Å². The van der Waals surface area contributed by atoms with E-state index in [2.05, 4.69) is 54.2 Å². The second kappa shape index (κ2) is 5.63. The second-order valence-electron chi connectivity index (χ2n) is 6.08. The van der Waals surface area contributed by atoms with E-state index >= 15 is 0 Å². The van der Waals surface area contributed by atoms with Crippen LogP contribution in [0.3, 0.4) is 0 Å². The molecule has 3 nitrogen and oxygen atoms in total. The van der Waals surface area contributed by atoms with Gasteiger partial charge in [0, 0.05) is 16.4 Å². The van der Waals surface area contributed by atoms with Crippen LogP contribution in [-0.4, -0.2) is 23.2 Å². The molecule has 0 aliphatic rings. The van der Waals surface area contributed by atoms with Crippen molar-refractivity contribution in [3.8, 4) is 0 Å². The van der Waals surface area contributed by atoms with E-state index in [1.54, 1.807) is 0 Å². The molecular formula is C15H22BrNO2. The molecule has 4 heteroatoms. The van der Waals surface area contributed by atoms with Crippen LogP contribution >= 0.6 is 15.9 Å². The molecule has 1 aromatic rings. The van der Waals surface area contributed by atoms with Gasteiger partial charge in [0.05, 0.1) is 0 Å². The van der Waals surface area contributed by atoms with E-state index in [9.17, 15) is 9.90 Å². The highest BCUT2D eigenvalue weighted by atomic mass is 79.9. The van der Waals surface area contributed by atoms with Gasteiger partial charge in [-0.2, -0.15) is 0 Å². The van der Waals surface area contributed by atoms with Gasteiger partial charge in [0.25, 0.3) is 5.91 Å². The van der Waals surface area contributed by atoms with Gasteiger partial charge < -0.3 is 10.4 Å². The summed E-state index contributed by atoms with van der Waals surface area (Å²) in [4.78, 5) is 11.7. The Morgan fingerprint density at radius 3 is 2.42 bits per heavy atom. The summed E-state index contributed by atoms with van der Waals surface area (Å²) >= 11 is 3.47. The molecule has 19 heavy (non-hydrogen) atoms. The molecule has 0 saturated heterocycles. The number of carbonyl (C=O) groups is 1. The molecule has 1 rings (SSSR count). The first-order valence-corrected chi connectivity index (χ1v) is 7.10. The largest absolute Gasteiger partial charge is 0.381 e. The zero-order valence-electron chi connectivity index (χ0n) is 12.2. The minimum atomic E-state index is -1.34. The number of rotatable bonds is 4. The molecule has 0 atom stereocenters.